The number of hydrogen-bond donors (Lipinski definition) is 1. The number of halogens is 1. The maximum atomic E-state index is 11.4. The van der Waals surface area contributed by atoms with E-state index in [9.17, 15) is 4.79 Å². The van der Waals surface area contributed by atoms with Gasteiger partial charge >= 0.3 is 0 Å². The highest BCUT2D eigenvalue weighted by molar-refractivity contribution is 7.16. The number of carbonyl (C=O) groups is 1. The highest BCUT2D eigenvalue weighted by atomic mass is 35.5. The van der Waals surface area contributed by atoms with Crippen molar-refractivity contribution in [1.29, 1.82) is 5.26 Å². The number of nitrogens with one attached hydrogen (secondary N) is 1. The number of alkyl halides is 1. The number of amides is 1. The highest BCUT2D eigenvalue weighted by Crippen LogP contribution is 2.32. The van der Waals surface area contributed by atoms with Crippen LogP contribution in [-0.4, -0.2) is 11.8 Å². The maximum absolute atomic E-state index is 11.4. The molecule has 0 aliphatic carbocycles. The molecule has 0 radical (unpaired) electrons. The molecule has 1 aromatic heterocycles. The predicted octanol–water partition coefficient (Wildman–Crippen LogP) is 3.06. The van der Waals surface area contributed by atoms with Crippen molar-refractivity contribution in [2.75, 3.05) is 11.2 Å². The minimum Gasteiger partial charge on any atom is -0.317 e. The van der Waals surface area contributed by atoms with Crippen LogP contribution in [0, 0.1) is 18.3 Å². The van der Waals surface area contributed by atoms with Gasteiger partial charge < -0.3 is 5.32 Å². The lowest BCUT2D eigenvalue weighted by atomic mass is 10.1. The zero-order valence-electron chi connectivity index (χ0n) is 9.26. The largest absolute Gasteiger partial charge is 0.317 e. The second kappa shape index (κ2) is 5.88. The molecule has 86 valence electrons. The van der Waals surface area contributed by atoms with Crippen LogP contribution >= 0.6 is 22.9 Å². The summed E-state index contributed by atoms with van der Waals surface area (Å²) in [7, 11) is 0. The Morgan fingerprint density at radius 3 is 2.81 bits per heavy atom. The molecule has 0 saturated carbocycles. The van der Waals surface area contributed by atoms with Crippen LogP contribution in [0.5, 0.6) is 0 Å². The van der Waals surface area contributed by atoms with Crippen LogP contribution in [-0.2, 0) is 11.2 Å². The van der Waals surface area contributed by atoms with E-state index in [0.717, 1.165) is 16.9 Å². The molecule has 0 saturated heterocycles. The molecule has 0 aliphatic rings. The van der Waals surface area contributed by atoms with E-state index in [1.54, 1.807) is 0 Å². The first-order chi connectivity index (χ1) is 7.63. The normalized spacial score (nSPS) is 9.88. The van der Waals surface area contributed by atoms with Crippen molar-refractivity contribution in [2.45, 2.75) is 26.7 Å². The monoisotopic (exact) mass is 256 g/mol. The van der Waals surface area contributed by atoms with Crippen molar-refractivity contribution in [1.82, 2.24) is 0 Å². The molecule has 1 N–H and O–H groups in total. The molecule has 0 unspecified atom stereocenters. The Kier molecular flexibility index (Phi) is 4.78. The Morgan fingerprint density at radius 2 is 2.31 bits per heavy atom. The van der Waals surface area contributed by atoms with Gasteiger partial charge in [-0.25, -0.2) is 0 Å². The molecule has 1 heterocycles. The van der Waals surface area contributed by atoms with Crippen molar-refractivity contribution < 1.29 is 4.79 Å². The van der Waals surface area contributed by atoms with Gasteiger partial charge in [0.2, 0.25) is 5.91 Å². The van der Waals surface area contributed by atoms with E-state index < -0.39 is 0 Å². The summed E-state index contributed by atoms with van der Waals surface area (Å²) in [4.78, 5) is 12.5. The van der Waals surface area contributed by atoms with Crippen molar-refractivity contribution in [3.05, 3.63) is 16.0 Å². The van der Waals surface area contributed by atoms with Gasteiger partial charge in [-0.2, -0.15) is 5.26 Å². The lowest BCUT2D eigenvalue weighted by Gasteiger charge is -2.01. The standard InChI is InChI=1S/C11H13ClN2OS/c1-3-8-7(2)16-11(9(8)6-13)14-10(15)4-5-12/h3-5H2,1-2H3,(H,14,15). The van der Waals surface area contributed by atoms with Crippen molar-refractivity contribution >= 4 is 33.8 Å². The van der Waals surface area contributed by atoms with Crippen LogP contribution in [0.25, 0.3) is 0 Å². The van der Waals surface area contributed by atoms with Gasteiger partial charge in [-0.05, 0) is 18.9 Å². The minimum atomic E-state index is -0.143. The lowest BCUT2D eigenvalue weighted by molar-refractivity contribution is -0.115. The fourth-order valence-corrected chi connectivity index (χ4v) is 2.77. The topological polar surface area (TPSA) is 52.9 Å². The number of hydrogen-bond acceptors (Lipinski definition) is 3. The third-order valence-electron chi connectivity index (χ3n) is 2.25. The van der Waals surface area contributed by atoms with E-state index in [1.165, 1.54) is 11.3 Å². The molecular formula is C11H13ClN2OS. The summed E-state index contributed by atoms with van der Waals surface area (Å²) >= 11 is 6.92. The molecule has 0 aliphatic heterocycles. The summed E-state index contributed by atoms with van der Waals surface area (Å²) in [6.07, 6.45) is 1.07. The average Bonchev–Trinajstić information content (AvgIpc) is 2.53. The van der Waals surface area contributed by atoms with E-state index in [2.05, 4.69) is 11.4 Å². The molecule has 0 fully saturated rings. The molecule has 1 rings (SSSR count). The Hall–Kier alpha value is -1.05. The van der Waals surface area contributed by atoms with Crippen LogP contribution in [0.4, 0.5) is 5.00 Å². The molecule has 0 bridgehead atoms. The number of thiophene rings is 1. The van der Waals surface area contributed by atoms with Gasteiger partial charge in [0, 0.05) is 17.2 Å². The Balaban J connectivity index is 2.97. The van der Waals surface area contributed by atoms with Gasteiger partial charge in [-0.15, -0.1) is 22.9 Å². The third-order valence-corrected chi connectivity index (χ3v) is 3.50. The van der Waals surface area contributed by atoms with Gasteiger partial charge in [0.15, 0.2) is 0 Å². The fourth-order valence-electron chi connectivity index (χ4n) is 1.49. The van der Waals surface area contributed by atoms with E-state index in [0.29, 0.717) is 16.4 Å². The molecule has 0 spiro atoms. The zero-order valence-corrected chi connectivity index (χ0v) is 10.8. The molecule has 3 nitrogen and oxygen atoms in total. The Morgan fingerprint density at radius 1 is 1.62 bits per heavy atom. The van der Waals surface area contributed by atoms with Crippen LogP contribution in [0.3, 0.4) is 0 Å². The van der Waals surface area contributed by atoms with Crippen LogP contribution in [0.1, 0.15) is 29.3 Å². The van der Waals surface area contributed by atoms with Gasteiger partial charge in [0.25, 0.3) is 0 Å². The molecule has 0 aromatic carbocycles. The lowest BCUT2D eigenvalue weighted by Crippen LogP contribution is -2.11. The number of aryl methyl sites for hydroxylation is 1. The second-order valence-electron chi connectivity index (χ2n) is 3.29. The van der Waals surface area contributed by atoms with Crippen LogP contribution in [0.2, 0.25) is 0 Å². The molecule has 1 amide bonds. The average molecular weight is 257 g/mol. The summed E-state index contributed by atoms with van der Waals surface area (Å²) in [6.45, 7) is 3.96. The molecule has 5 heteroatoms. The van der Waals surface area contributed by atoms with Crippen LogP contribution in [0.15, 0.2) is 0 Å². The number of nitrogens with zero attached hydrogens (tertiary/aromatic N) is 1. The highest BCUT2D eigenvalue weighted by Gasteiger charge is 2.15. The summed E-state index contributed by atoms with van der Waals surface area (Å²) in [6, 6.07) is 2.15. The van der Waals surface area contributed by atoms with E-state index in [-0.39, 0.29) is 12.3 Å². The second-order valence-corrected chi connectivity index (χ2v) is 4.90. The third kappa shape index (κ3) is 2.75. The Labute approximate surface area is 104 Å². The van der Waals surface area contributed by atoms with Crippen molar-refractivity contribution in [2.24, 2.45) is 0 Å². The fraction of sp³-hybridized carbons (Fsp3) is 0.455. The first kappa shape index (κ1) is 13.0. The predicted molar refractivity (Wildman–Crippen MR) is 67.1 cm³/mol. The summed E-state index contributed by atoms with van der Waals surface area (Å²) in [5.41, 5.74) is 1.61. The molecule has 16 heavy (non-hydrogen) atoms. The maximum Gasteiger partial charge on any atom is 0.226 e. The van der Waals surface area contributed by atoms with E-state index >= 15 is 0 Å². The Bertz CT molecular complexity index is 434. The summed E-state index contributed by atoms with van der Waals surface area (Å²) < 4.78 is 0. The van der Waals surface area contributed by atoms with Crippen molar-refractivity contribution in [3.8, 4) is 6.07 Å². The molecule has 0 atom stereocenters. The number of rotatable bonds is 4. The van der Waals surface area contributed by atoms with E-state index in [4.69, 9.17) is 16.9 Å². The SMILES string of the molecule is CCc1c(C)sc(NC(=O)CCCl)c1C#N. The first-order valence-electron chi connectivity index (χ1n) is 5.02. The van der Waals surface area contributed by atoms with Gasteiger partial charge in [-0.3, -0.25) is 4.79 Å². The van der Waals surface area contributed by atoms with Crippen molar-refractivity contribution in [3.63, 3.8) is 0 Å². The molecular weight excluding hydrogens is 244 g/mol. The van der Waals surface area contributed by atoms with E-state index in [1.807, 2.05) is 13.8 Å². The quantitative estimate of drug-likeness (QED) is 0.842. The number of nitriles is 1. The summed E-state index contributed by atoms with van der Waals surface area (Å²) in [5, 5.41) is 12.4. The number of carbonyl (C=O) groups excluding carboxylic acids is 1. The molecule has 1 aromatic rings. The first-order valence-corrected chi connectivity index (χ1v) is 6.37. The van der Waals surface area contributed by atoms with Gasteiger partial charge in [0.05, 0.1) is 5.56 Å². The zero-order chi connectivity index (χ0) is 12.1. The van der Waals surface area contributed by atoms with Gasteiger partial charge in [-0.1, -0.05) is 6.92 Å². The summed E-state index contributed by atoms with van der Waals surface area (Å²) in [5.74, 6) is 0.147. The smallest absolute Gasteiger partial charge is 0.226 e. The van der Waals surface area contributed by atoms with Gasteiger partial charge in [0.1, 0.15) is 11.1 Å². The van der Waals surface area contributed by atoms with Crippen LogP contribution < -0.4 is 5.32 Å². The number of anilines is 1. The minimum absolute atomic E-state index is 0.143.